The van der Waals surface area contributed by atoms with Crippen molar-refractivity contribution >= 4 is 15.8 Å². The van der Waals surface area contributed by atoms with Crippen molar-refractivity contribution in [1.29, 1.82) is 0 Å². The van der Waals surface area contributed by atoms with E-state index in [2.05, 4.69) is 10.3 Å². The van der Waals surface area contributed by atoms with Gasteiger partial charge in [0.05, 0.1) is 11.4 Å². The maximum atomic E-state index is 11.7. The van der Waals surface area contributed by atoms with Crippen LogP contribution >= 0.6 is 0 Å². The van der Waals surface area contributed by atoms with Gasteiger partial charge in [0, 0.05) is 38.8 Å². The number of nitrogens with one attached hydrogen (secondary N) is 1. The summed E-state index contributed by atoms with van der Waals surface area (Å²) < 4.78 is 29.3. The average Bonchev–Trinajstić information content (AvgIpc) is 2.64. The molecule has 6 nitrogen and oxygen atoms in total. The van der Waals surface area contributed by atoms with Gasteiger partial charge in [-0.2, -0.15) is 0 Å². The van der Waals surface area contributed by atoms with Gasteiger partial charge in [0.1, 0.15) is 0 Å². The Labute approximate surface area is 108 Å². The Hall–Kier alpha value is -1.08. The average molecular weight is 275 g/mol. The molecule has 0 fully saturated rings. The van der Waals surface area contributed by atoms with E-state index in [1.807, 2.05) is 0 Å². The molecule has 104 valence electrons. The molecule has 7 heteroatoms. The van der Waals surface area contributed by atoms with E-state index >= 15 is 0 Å². The highest BCUT2D eigenvalue weighted by atomic mass is 32.2. The van der Waals surface area contributed by atoms with Crippen LogP contribution in [0.4, 0.5) is 5.95 Å². The first kappa shape index (κ1) is 15.0. The third-order valence-electron chi connectivity index (χ3n) is 2.86. The number of nitrogens with zero attached hydrogens (tertiary/aromatic N) is 2. The minimum atomic E-state index is -3.12. The molecule has 0 saturated heterocycles. The van der Waals surface area contributed by atoms with Crippen molar-refractivity contribution in [3.05, 3.63) is 12.4 Å². The van der Waals surface area contributed by atoms with Gasteiger partial charge in [-0.3, -0.25) is 0 Å². The second-order valence-electron chi connectivity index (χ2n) is 4.83. The van der Waals surface area contributed by atoms with Crippen LogP contribution in [0.1, 0.15) is 13.8 Å². The first-order valence-electron chi connectivity index (χ1n) is 5.71. The SMILES string of the molecule is COCCNc1nccn1CC(C)(C)S(C)(=O)=O. The third kappa shape index (κ3) is 3.71. The second-order valence-corrected chi connectivity index (χ2v) is 7.48. The molecule has 1 rings (SSSR count). The number of imidazole rings is 1. The summed E-state index contributed by atoms with van der Waals surface area (Å²) in [4.78, 5) is 4.16. The number of hydrogen-bond acceptors (Lipinski definition) is 5. The zero-order valence-corrected chi connectivity index (χ0v) is 12.1. The summed E-state index contributed by atoms with van der Waals surface area (Å²) in [6.45, 7) is 4.98. The van der Waals surface area contributed by atoms with Gasteiger partial charge in [-0.1, -0.05) is 0 Å². The van der Waals surface area contributed by atoms with Crippen molar-refractivity contribution in [1.82, 2.24) is 9.55 Å². The molecular weight excluding hydrogens is 254 g/mol. The van der Waals surface area contributed by atoms with E-state index in [0.29, 0.717) is 25.6 Å². The van der Waals surface area contributed by atoms with Crippen molar-refractivity contribution in [3.63, 3.8) is 0 Å². The van der Waals surface area contributed by atoms with Gasteiger partial charge in [0.15, 0.2) is 9.84 Å². The van der Waals surface area contributed by atoms with Crippen LogP contribution < -0.4 is 5.32 Å². The molecule has 0 atom stereocenters. The van der Waals surface area contributed by atoms with E-state index in [4.69, 9.17) is 4.74 Å². The van der Waals surface area contributed by atoms with Crippen LogP contribution in [0, 0.1) is 0 Å². The molecule has 0 bridgehead atoms. The molecule has 0 unspecified atom stereocenters. The van der Waals surface area contributed by atoms with Gasteiger partial charge in [0.2, 0.25) is 5.95 Å². The Morgan fingerprint density at radius 2 is 2.17 bits per heavy atom. The fourth-order valence-electron chi connectivity index (χ4n) is 1.40. The summed E-state index contributed by atoms with van der Waals surface area (Å²) in [5.74, 6) is 0.656. The smallest absolute Gasteiger partial charge is 0.202 e. The van der Waals surface area contributed by atoms with Gasteiger partial charge in [-0.25, -0.2) is 13.4 Å². The molecule has 0 aliphatic rings. The predicted molar refractivity (Wildman–Crippen MR) is 71.5 cm³/mol. The zero-order chi connectivity index (χ0) is 13.8. The maximum absolute atomic E-state index is 11.7. The molecule has 1 heterocycles. The molecule has 1 N–H and O–H groups in total. The molecule has 18 heavy (non-hydrogen) atoms. The monoisotopic (exact) mass is 275 g/mol. The third-order valence-corrected chi connectivity index (χ3v) is 5.00. The zero-order valence-electron chi connectivity index (χ0n) is 11.3. The van der Waals surface area contributed by atoms with Crippen LogP contribution in [0.25, 0.3) is 0 Å². The molecule has 0 aromatic carbocycles. The lowest BCUT2D eigenvalue weighted by molar-refractivity contribution is 0.210. The molecule has 0 amide bonds. The number of rotatable bonds is 7. The van der Waals surface area contributed by atoms with Crippen molar-refractivity contribution in [3.8, 4) is 0 Å². The number of anilines is 1. The van der Waals surface area contributed by atoms with Gasteiger partial charge >= 0.3 is 0 Å². The van der Waals surface area contributed by atoms with Crippen LogP contribution in [0.3, 0.4) is 0 Å². The normalized spacial score (nSPS) is 12.7. The van der Waals surface area contributed by atoms with Crippen LogP contribution in [-0.4, -0.2) is 49.2 Å². The minimum Gasteiger partial charge on any atom is -0.383 e. The van der Waals surface area contributed by atoms with E-state index in [0.717, 1.165) is 0 Å². The molecule has 1 aromatic heterocycles. The van der Waals surface area contributed by atoms with Crippen molar-refractivity contribution < 1.29 is 13.2 Å². The quantitative estimate of drug-likeness (QED) is 0.744. The molecule has 1 aromatic rings. The Morgan fingerprint density at radius 3 is 2.72 bits per heavy atom. The van der Waals surface area contributed by atoms with Gasteiger partial charge in [-0.15, -0.1) is 0 Å². The number of aromatic nitrogens is 2. The second kappa shape index (κ2) is 5.71. The molecular formula is C11H21N3O3S. The molecule has 0 aliphatic heterocycles. The summed E-state index contributed by atoms with van der Waals surface area (Å²) in [7, 11) is -1.50. The summed E-state index contributed by atoms with van der Waals surface area (Å²) in [5, 5.41) is 3.10. The predicted octanol–water partition coefficient (Wildman–Crippen LogP) is 0.765. The lowest BCUT2D eigenvalue weighted by atomic mass is 10.2. The fraction of sp³-hybridized carbons (Fsp3) is 0.727. The molecule has 0 spiro atoms. The molecule has 0 radical (unpaired) electrons. The summed E-state index contributed by atoms with van der Waals surface area (Å²) in [6.07, 6.45) is 4.66. The molecule has 0 aliphatic carbocycles. The van der Waals surface area contributed by atoms with Crippen LogP contribution in [0.15, 0.2) is 12.4 Å². The largest absolute Gasteiger partial charge is 0.383 e. The lowest BCUT2D eigenvalue weighted by Crippen LogP contribution is -2.36. The van der Waals surface area contributed by atoms with Crippen LogP contribution in [0.5, 0.6) is 0 Å². The minimum absolute atomic E-state index is 0.362. The van der Waals surface area contributed by atoms with E-state index < -0.39 is 14.6 Å². The highest BCUT2D eigenvalue weighted by molar-refractivity contribution is 7.92. The van der Waals surface area contributed by atoms with Crippen LogP contribution in [0.2, 0.25) is 0 Å². The van der Waals surface area contributed by atoms with E-state index in [1.54, 1.807) is 37.9 Å². The summed E-state index contributed by atoms with van der Waals surface area (Å²) >= 11 is 0. The Kier molecular flexibility index (Phi) is 4.75. The van der Waals surface area contributed by atoms with E-state index in [1.165, 1.54) is 6.26 Å². The van der Waals surface area contributed by atoms with Gasteiger partial charge < -0.3 is 14.6 Å². The highest BCUT2D eigenvalue weighted by Gasteiger charge is 2.31. The number of ether oxygens (including phenoxy) is 1. The Bertz CT molecular complexity index is 479. The topological polar surface area (TPSA) is 73.2 Å². The number of methoxy groups -OCH3 is 1. The van der Waals surface area contributed by atoms with Crippen molar-refractivity contribution in [2.45, 2.75) is 25.1 Å². The summed E-state index contributed by atoms with van der Waals surface area (Å²) in [5.41, 5.74) is 0. The maximum Gasteiger partial charge on any atom is 0.202 e. The highest BCUT2D eigenvalue weighted by Crippen LogP contribution is 2.19. The van der Waals surface area contributed by atoms with E-state index in [9.17, 15) is 8.42 Å². The molecule has 0 saturated carbocycles. The van der Waals surface area contributed by atoms with Gasteiger partial charge in [0.25, 0.3) is 0 Å². The lowest BCUT2D eigenvalue weighted by Gasteiger charge is -2.24. The first-order chi connectivity index (χ1) is 8.28. The Morgan fingerprint density at radius 1 is 1.50 bits per heavy atom. The Balaban J connectivity index is 2.77. The van der Waals surface area contributed by atoms with Crippen molar-refractivity contribution in [2.75, 3.05) is 31.8 Å². The first-order valence-corrected chi connectivity index (χ1v) is 7.60. The summed E-state index contributed by atoms with van der Waals surface area (Å²) in [6, 6.07) is 0. The number of hydrogen-bond donors (Lipinski definition) is 1. The fourth-order valence-corrected chi connectivity index (χ4v) is 1.77. The van der Waals surface area contributed by atoms with Crippen LogP contribution in [-0.2, 0) is 21.1 Å². The number of sulfone groups is 1. The van der Waals surface area contributed by atoms with E-state index in [-0.39, 0.29) is 0 Å². The van der Waals surface area contributed by atoms with Gasteiger partial charge in [-0.05, 0) is 13.8 Å². The standard InChI is InChI=1S/C11H21N3O3S/c1-11(2,18(4,15)16)9-14-7-5-12-10(14)13-6-8-17-3/h5,7H,6,8-9H2,1-4H3,(H,12,13). The van der Waals surface area contributed by atoms with Crippen molar-refractivity contribution in [2.24, 2.45) is 0 Å².